The molecular formula is C49H60IrNO2S2-. The molecule has 3 nitrogen and oxygen atoms in total. The van der Waals surface area contributed by atoms with Crippen LogP contribution in [0.5, 0.6) is 0 Å². The smallest absolute Gasteiger partial charge is 0.164 e. The Morgan fingerprint density at radius 1 is 0.855 bits per heavy atom. The normalized spacial score (nSPS) is 12.6. The molecule has 6 heteroatoms. The van der Waals surface area contributed by atoms with Crippen molar-refractivity contribution in [2.45, 2.75) is 121 Å². The van der Waals surface area contributed by atoms with Gasteiger partial charge in [-0.2, -0.15) is 0 Å². The summed E-state index contributed by atoms with van der Waals surface area (Å²) in [4.78, 5) is 19.7. The molecule has 1 radical (unpaired) electrons. The molecule has 0 bridgehead atoms. The monoisotopic (exact) mass is 951 g/mol. The average molecular weight is 951 g/mol. The van der Waals surface area contributed by atoms with Crippen LogP contribution < -0.4 is 0 Å². The maximum Gasteiger partial charge on any atom is 0.164 e. The molecule has 6 rings (SSSR count). The van der Waals surface area contributed by atoms with Crippen LogP contribution in [0.1, 0.15) is 118 Å². The number of carbonyl (C=O) groups excluding carboxylic acids is 1. The predicted octanol–water partition coefficient (Wildman–Crippen LogP) is 15.3. The van der Waals surface area contributed by atoms with Crippen molar-refractivity contribution < 1.29 is 30.0 Å². The Morgan fingerprint density at radius 2 is 1.51 bits per heavy atom. The number of aromatic nitrogens is 1. The molecule has 3 aromatic heterocycles. The number of aliphatic hydroxyl groups excluding tert-OH is 1. The van der Waals surface area contributed by atoms with E-state index in [9.17, 15) is 9.90 Å². The van der Waals surface area contributed by atoms with Gasteiger partial charge in [0.15, 0.2) is 5.78 Å². The fraction of sp³-hybridized carbons (Fsp3) is 0.429. The third kappa shape index (κ3) is 9.70. The van der Waals surface area contributed by atoms with Crippen LogP contribution in [0, 0.1) is 29.7 Å². The van der Waals surface area contributed by atoms with E-state index in [2.05, 4.69) is 114 Å². The largest absolute Gasteiger partial charge is 0.512 e. The number of thiophene rings is 2. The van der Waals surface area contributed by atoms with Gasteiger partial charge in [0.1, 0.15) is 10.6 Å². The summed E-state index contributed by atoms with van der Waals surface area (Å²) in [5.74, 6) is 0.925. The molecule has 0 spiro atoms. The molecule has 0 atom stereocenters. The molecule has 295 valence electrons. The number of fused-ring (bicyclic) bond motifs is 3. The van der Waals surface area contributed by atoms with Gasteiger partial charge in [0.05, 0.1) is 0 Å². The van der Waals surface area contributed by atoms with Crippen molar-refractivity contribution >= 4 is 59.5 Å². The van der Waals surface area contributed by atoms with Crippen molar-refractivity contribution in [3.05, 3.63) is 99.9 Å². The number of hydrogen-bond donors (Lipinski definition) is 1. The Balaban J connectivity index is 0.000000320. The van der Waals surface area contributed by atoms with E-state index in [-0.39, 0.29) is 47.9 Å². The van der Waals surface area contributed by atoms with Gasteiger partial charge in [-0.3, -0.25) is 9.78 Å². The summed E-state index contributed by atoms with van der Waals surface area (Å²) in [6, 6.07) is 26.2. The second-order valence-electron chi connectivity index (χ2n) is 17.0. The van der Waals surface area contributed by atoms with Gasteiger partial charge in [-0.15, -0.1) is 51.8 Å². The van der Waals surface area contributed by atoms with Crippen molar-refractivity contribution in [3.63, 3.8) is 0 Å². The number of aryl methyl sites for hydroxylation is 1. The number of carbonyl (C=O) groups is 1. The van der Waals surface area contributed by atoms with E-state index >= 15 is 0 Å². The topological polar surface area (TPSA) is 50.2 Å². The first-order chi connectivity index (χ1) is 25.5. The zero-order valence-corrected chi connectivity index (χ0v) is 39.0. The number of hydrogen-bond acceptors (Lipinski definition) is 5. The van der Waals surface area contributed by atoms with Crippen LogP contribution >= 0.6 is 22.7 Å². The number of nitrogens with zero attached hydrogens (tertiary/aromatic N) is 1. The van der Waals surface area contributed by atoms with Crippen LogP contribution in [0.4, 0.5) is 0 Å². The van der Waals surface area contributed by atoms with E-state index in [1.807, 2.05) is 52.9 Å². The zero-order valence-electron chi connectivity index (χ0n) is 35.0. The minimum Gasteiger partial charge on any atom is -0.512 e. The van der Waals surface area contributed by atoms with Gasteiger partial charge in [-0.25, -0.2) is 0 Å². The quantitative estimate of drug-likeness (QED) is 0.0800. The molecule has 6 aromatic rings. The van der Waals surface area contributed by atoms with Crippen molar-refractivity contribution in [2.24, 2.45) is 16.7 Å². The minimum absolute atomic E-state index is 0. The number of rotatable bonds is 11. The molecular weight excluding hydrogens is 891 g/mol. The maximum absolute atomic E-state index is 12.2. The summed E-state index contributed by atoms with van der Waals surface area (Å²) in [5, 5.41) is 17.5. The van der Waals surface area contributed by atoms with E-state index in [0.717, 1.165) is 53.6 Å². The molecule has 0 aliphatic heterocycles. The van der Waals surface area contributed by atoms with Gasteiger partial charge >= 0.3 is 0 Å². The van der Waals surface area contributed by atoms with Crippen molar-refractivity contribution in [1.82, 2.24) is 4.98 Å². The molecule has 3 aromatic carbocycles. The fourth-order valence-electron chi connectivity index (χ4n) is 7.03. The molecule has 3 heterocycles. The summed E-state index contributed by atoms with van der Waals surface area (Å²) >= 11 is 3.63. The van der Waals surface area contributed by atoms with E-state index in [1.54, 1.807) is 11.3 Å². The fourth-order valence-corrected chi connectivity index (χ4v) is 8.89. The van der Waals surface area contributed by atoms with Gasteiger partial charge in [0.25, 0.3) is 0 Å². The van der Waals surface area contributed by atoms with Crippen LogP contribution in [-0.2, 0) is 36.7 Å². The van der Waals surface area contributed by atoms with Gasteiger partial charge < -0.3 is 5.11 Å². The standard InChI is InChI=1S/C34H32NS2.C15H28O2.Ir/c1-20(2)13-25-19-36-32-12-11-23(16-28(25)32)27-18-31(35-33-29(27)14-21(3)37-33)24-15-22-9-7-8-10-26(22)30(17-24)34(4,5)6;1-7-14(5,8-2)12(16)11-13(17)15(6,9-3)10-4;/h7-12,14,16-20H,13H2,1-6H3;11,16H,7-10H2,1-6H3;/q-1;;/b;12-11-;. The number of allylic oxidation sites excluding steroid dienone is 2. The molecule has 0 amide bonds. The summed E-state index contributed by atoms with van der Waals surface area (Å²) < 4.78 is 1.36. The molecule has 0 unspecified atom stereocenters. The van der Waals surface area contributed by atoms with Gasteiger partial charge in [-0.05, 0) is 96.0 Å². The average Bonchev–Trinajstić information content (AvgIpc) is 3.74. The number of ketones is 1. The Morgan fingerprint density at radius 3 is 2.13 bits per heavy atom. The van der Waals surface area contributed by atoms with Crippen LogP contribution in [0.3, 0.4) is 0 Å². The zero-order chi connectivity index (χ0) is 39.6. The van der Waals surface area contributed by atoms with E-state index in [0.29, 0.717) is 5.92 Å². The van der Waals surface area contributed by atoms with Crippen LogP contribution in [0.15, 0.2) is 77.9 Å². The summed E-state index contributed by atoms with van der Waals surface area (Å²) in [7, 11) is 0. The van der Waals surface area contributed by atoms with Crippen LogP contribution in [-0.4, -0.2) is 15.9 Å². The first-order valence-corrected chi connectivity index (χ1v) is 21.5. The second kappa shape index (κ2) is 18.0. The van der Waals surface area contributed by atoms with Crippen molar-refractivity contribution in [2.75, 3.05) is 0 Å². The van der Waals surface area contributed by atoms with Crippen molar-refractivity contribution in [1.29, 1.82) is 0 Å². The third-order valence-corrected chi connectivity index (χ3v) is 13.6. The SMILES string of the molecule is CCC(C)(CC)C(=O)/C=C(\O)C(C)(CC)CC.Cc1cc2c(-c3ccc4scc(CC(C)C)c4c3)cc(-c3[c-]c4ccccc4c(C(C)(C)C)c3)nc2s1.[Ir]. The van der Waals surface area contributed by atoms with Crippen LogP contribution in [0.2, 0.25) is 0 Å². The van der Waals surface area contributed by atoms with E-state index in [1.165, 1.54) is 54.1 Å². The van der Waals surface area contributed by atoms with Gasteiger partial charge in [0, 0.05) is 57.7 Å². The number of benzene rings is 3. The molecule has 0 saturated carbocycles. The third-order valence-electron chi connectivity index (χ3n) is 11.7. The van der Waals surface area contributed by atoms with E-state index in [4.69, 9.17) is 4.98 Å². The summed E-state index contributed by atoms with van der Waals surface area (Å²) in [6.45, 7) is 25.7. The molecule has 0 saturated heterocycles. The Hall–Kier alpha value is -3.15. The maximum atomic E-state index is 12.2. The molecule has 0 fully saturated rings. The second-order valence-corrected chi connectivity index (χ2v) is 19.2. The predicted molar refractivity (Wildman–Crippen MR) is 237 cm³/mol. The van der Waals surface area contributed by atoms with Crippen molar-refractivity contribution in [3.8, 4) is 22.4 Å². The van der Waals surface area contributed by atoms with Gasteiger partial charge in [0.2, 0.25) is 0 Å². The first kappa shape index (κ1) is 44.6. The summed E-state index contributed by atoms with van der Waals surface area (Å²) in [5.41, 5.74) is 6.79. The van der Waals surface area contributed by atoms with Gasteiger partial charge in [-0.1, -0.05) is 117 Å². The van der Waals surface area contributed by atoms with E-state index < -0.39 is 0 Å². The Bertz CT molecular complexity index is 2290. The Kier molecular flexibility index (Phi) is 14.6. The first-order valence-electron chi connectivity index (χ1n) is 19.8. The number of aliphatic hydroxyl groups is 1. The number of pyridine rings is 1. The molecule has 1 N–H and O–H groups in total. The van der Waals surface area contributed by atoms with Crippen LogP contribution in [0.25, 0.3) is 53.5 Å². The molecule has 55 heavy (non-hydrogen) atoms. The minimum atomic E-state index is -0.337. The molecule has 0 aliphatic rings. The molecule has 0 aliphatic carbocycles. The Labute approximate surface area is 352 Å². The summed E-state index contributed by atoms with van der Waals surface area (Å²) in [6.07, 6.45) is 5.87.